The third kappa shape index (κ3) is 3.57. The van der Waals surface area contributed by atoms with Crippen LogP contribution in [0, 0.1) is 16.7 Å². The van der Waals surface area contributed by atoms with E-state index in [0.29, 0.717) is 19.6 Å². The van der Waals surface area contributed by atoms with Gasteiger partial charge in [0.2, 0.25) is 0 Å². The topological polar surface area (TPSA) is 54.3 Å². The van der Waals surface area contributed by atoms with Crippen molar-refractivity contribution >= 4 is 5.69 Å². The fourth-order valence-electron chi connectivity index (χ4n) is 2.23. The number of nitrogens with one attached hydrogen (secondary N) is 1. The normalized spacial score (nSPS) is 15.2. The second-order valence-electron chi connectivity index (χ2n) is 5.21. The Kier molecular flexibility index (Phi) is 4.73. The fraction of sp³-hybridized carbons (Fsp3) is 0.562. The summed E-state index contributed by atoms with van der Waals surface area (Å²) in [4.78, 5) is 0. The molecule has 108 valence electrons. The molecule has 20 heavy (non-hydrogen) atoms. The lowest BCUT2D eigenvalue weighted by Gasteiger charge is -2.17. The molecule has 0 unspecified atom stereocenters. The minimum Gasteiger partial charge on any atom is -0.494 e. The summed E-state index contributed by atoms with van der Waals surface area (Å²) in [6.45, 7) is 6.03. The van der Waals surface area contributed by atoms with E-state index in [1.807, 2.05) is 32.0 Å². The molecule has 1 N–H and O–H groups in total. The van der Waals surface area contributed by atoms with Gasteiger partial charge in [-0.1, -0.05) is 0 Å². The van der Waals surface area contributed by atoms with Gasteiger partial charge >= 0.3 is 0 Å². The highest BCUT2D eigenvalue weighted by Crippen LogP contribution is 2.48. The van der Waals surface area contributed by atoms with Crippen molar-refractivity contribution in [2.24, 2.45) is 5.41 Å². The lowest BCUT2D eigenvalue weighted by atomic mass is 10.0. The first-order chi connectivity index (χ1) is 9.73. The van der Waals surface area contributed by atoms with Gasteiger partial charge in [-0.15, -0.1) is 0 Å². The van der Waals surface area contributed by atoms with E-state index in [2.05, 4.69) is 11.4 Å². The Labute approximate surface area is 120 Å². The zero-order chi connectivity index (χ0) is 14.4. The minimum absolute atomic E-state index is 0.167. The van der Waals surface area contributed by atoms with Crippen molar-refractivity contribution in [3.8, 4) is 17.6 Å². The zero-order valence-electron chi connectivity index (χ0n) is 12.2. The second-order valence-corrected chi connectivity index (χ2v) is 5.21. The second kappa shape index (κ2) is 6.51. The largest absolute Gasteiger partial charge is 0.494 e. The van der Waals surface area contributed by atoms with Crippen molar-refractivity contribution in [2.45, 2.75) is 33.1 Å². The van der Waals surface area contributed by atoms with Crippen molar-refractivity contribution in [1.82, 2.24) is 0 Å². The van der Waals surface area contributed by atoms with Crippen LogP contribution in [0.25, 0.3) is 0 Å². The van der Waals surface area contributed by atoms with Gasteiger partial charge in [0.15, 0.2) is 0 Å². The number of rotatable bonds is 8. The van der Waals surface area contributed by atoms with Crippen LogP contribution in [0.3, 0.4) is 0 Å². The van der Waals surface area contributed by atoms with Crippen molar-refractivity contribution in [2.75, 3.05) is 25.1 Å². The molecule has 1 saturated carbocycles. The number of ether oxygens (including phenoxy) is 2. The van der Waals surface area contributed by atoms with E-state index in [1.54, 1.807) is 0 Å². The molecule has 0 heterocycles. The highest BCUT2D eigenvalue weighted by Gasteiger charge is 2.42. The van der Waals surface area contributed by atoms with Crippen LogP contribution in [0.4, 0.5) is 5.69 Å². The molecule has 0 bridgehead atoms. The monoisotopic (exact) mass is 274 g/mol. The van der Waals surface area contributed by atoms with E-state index < -0.39 is 0 Å². The lowest BCUT2D eigenvalue weighted by molar-refractivity contribution is 0.331. The summed E-state index contributed by atoms with van der Waals surface area (Å²) in [7, 11) is 0. The van der Waals surface area contributed by atoms with E-state index in [1.165, 1.54) is 0 Å². The molecule has 0 aliphatic heterocycles. The van der Waals surface area contributed by atoms with Crippen molar-refractivity contribution < 1.29 is 9.47 Å². The Bertz CT molecular complexity index is 490. The standard InChI is InChI=1S/C16H22N2O2/c1-3-19-13-5-6-15(20-4-2)14(11-13)18-12-16(7-8-16)9-10-17/h5-6,11,18H,3-4,7-9,12H2,1-2H3. The van der Waals surface area contributed by atoms with Gasteiger partial charge in [0.05, 0.1) is 25.0 Å². The van der Waals surface area contributed by atoms with E-state index >= 15 is 0 Å². The van der Waals surface area contributed by atoms with Gasteiger partial charge in [0.1, 0.15) is 11.5 Å². The maximum atomic E-state index is 8.87. The maximum Gasteiger partial charge on any atom is 0.142 e. The molecule has 0 radical (unpaired) electrons. The molecule has 4 heteroatoms. The predicted octanol–water partition coefficient (Wildman–Crippen LogP) is 3.59. The Balaban J connectivity index is 2.07. The van der Waals surface area contributed by atoms with Crippen molar-refractivity contribution in [1.29, 1.82) is 5.26 Å². The lowest BCUT2D eigenvalue weighted by Crippen LogP contribution is -2.15. The van der Waals surface area contributed by atoms with Crippen LogP contribution in [0.2, 0.25) is 0 Å². The Morgan fingerprint density at radius 3 is 2.60 bits per heavy atom. The molecule has 0 saturated heterocycles. The van der Waals surface area contributed by atoms with E-state index in [0.717, 1.165) is 36.6 Å². The third-order valence-electron chi connectivity index (χ3n) is 3.63. The summed E-state index contributed by atoms with van der Waals surface area (Å²) >= 11 is 0. The number of hydrogen-bond donors (Lipinski definition) is 1. The van der Waals surface area contributed by atoms with E-state index in [4.69, 9.17) is 14.7 Å². The number of hydrogen-bond acceptors (Lipinski definition) is 4. The van der Waals surface area contributed by atoms with Gasteiger partial charge in [-0.25, -0.2) is 0 Å². The van der Waals surface area contributed by atoms with Gasteiger partial charge in [-0.2, -0.15) is 5.26 Å². The zero-order valence-corrected chi connectivity index (χ0v) is 12.2. The molecular weight excluding hydrogens is 252 g/mol. The molecular formula is C16H22N2O2. The number of nitrogens with zero attached hydrogens (tertiary/aromatic N) is 1. The Morgan fingerprint density at radius 2 is 2.00 bits per heavy atom. The summed E-state index contributed by atoms with van der Waals surface area (Å²) in [6.07, 6.45) is 2.88. The van der Waals surface area contributed by atoms with Crippen molar-refractivity contribution in [3.05, 3.63) is 18.2 Å². The van der Waals surface area contributed by atoms with Crippen LogP contribution < -0.4 is 14.8 Å². The van der Waals surface area contributed by atoms with Crippen LogP contribution in [-0.4, -0.2) is 19.8 Å². The average molecular weight is 274 g/mol. The molecule has 1 aliphatic carbocycles. The smallest absolute Gasteiger partial charge is 0.142 e. The average Bonchev–Trinajstić information content (AvgIpc) is 3.20. The molecule has 2 rings (SSSR count). The van der Waals surface area contributed by atoms with Crippen LogP contribution in [0.15, 0.2) is 18.2 Å². The summed E-state index contributed by atoms with van der Waals surface area (Å²) in [5.74, 6) is 1.67. The van der Waals surface area contributed by atoms with Gasteiger partial charge in [-0.3, -0.25) is 0 Å². The Hall–Kier alpha value is -1.89. The summed E-state index contributed by atoms with van der Waals surface area (Å²) < 4.78 is 11.2. The van der Waals surface area contributed by atoms with Crippen LogP contribution in [-0.2, 0) is 0 Å². The highest BCUT2D eigenvalue weighted by molar-refractivity contribution is 5.60. The predicted molar refractivity (Wildman–Crippen MR) is 79.2 cm³/mol. The SMILES string of the molecule is CCOc1ccc(OCC)c(NCC2(CC#N)CC2)c1. The van der Waals surface area contributed by atoms with Crippen LogP contribution in [0.1, 0.15) is 33.1 Å². The van der Waals surface area contributed by atoms with Crippen LogP contribution >= 0.6 is 0 Å². The van der Waals surface area contributed by atoms with Gasteiger partial charge in [0, 0.05) is 24.4 Å². The molecule has 0 aromatic heterocycles. The molecule has 4 nitrogen and oxygen atoms in total. The Morgan fingerprint density at radius 1 is 1.25 bits per heavy atom. The molecule has 0 atom stereocenters. The van der Waals surface area contributed by atoms with Gasteiger partial charge in [0.25, 0.3) is 0 Å². The van der Waals surface area contributed by atoms with E-state index in [9.17, 15) is 0 Å². The fourth-order valence-corrected chi connectivity index (χ4v) is 2.23. The van der Waals surface area contributed by atoms with E-state index in [-0.39, 0.29) is 5.41 Å². The molecule has 1 aromatic rings. The van der Waals surface area contributed by atoms with Gasteiger partial charge in [-0.05, 0) is 38.8 Å². The third-order valence-corrected chi connectivity index (χ3v) is 3.63. The quantitative estimate of drug-likeness (QED) is 0.787. The van der Waals surface area contributed by atoms with Crippen LogP contribution in [0.5, 0.6) is 11.5 Å². The highest BCUT2D eigenvalue weighted by atomic mass is 16.5. The first-order valence-electron chi connectivity index (χ1n) is 7.23. The molecule has 1 aliphatic rings. The summed E-state index contributed by atoms with van der Waals surface area (Å²) in [5.41, 5.74) is 1.11. The summed E-state index contributed by atoms with van der Waals surface area (Å²) in [5, 5.41) is 12.3. The molecule has 0 spiro atoms. The molecule has 0 amide bonds. The first kappa shape index (κ1) is 14.5. The maximum absolute atomic E-state index is 8.87. The molecule has 1 aromatic carbocycles. The minimum atomic E-state index is 0.167. The summed E-state index contributed by atoms with van der Waals surface area (Å²) in [6, 6.07) is 8.10. The first-order valence-corrected chi connectivity index (χ1v) is 7.23. The number of anilines is 1. The number of nitriles is 1. The number of benzene rings is 1. The van der Waals surface area contributed by atoms with Crippen molar-refractivity contribution in [3.63, 3.8) is 0 Å². The van der Waals surface area contributed by atoms with Gasteiger partial charge < -0.3 is 14.8 Å². The molecule has 1 fully saturated rings.